The third-order valence-corrected chi connectivity index (χ3v) is 4.03. The molecule has 0 fully saturated rings. The summed E-state index contributed by atoms with van der Waals surface area (Å²) in [7, 11) is 0. The first-order valence-electron chi connectivity index (χ1n) is 6.40. The Balaban J connectivity index is 1.93. The molecule has 0 aliphatic rings. The molecule has 19 heavy (non-hydrogen) atoms. The molecule has 1 aromatic heterocycles. The molecule has 0 aliphatic heterocycles. The van der Waals surface area contributed by atoms with E-state index >= 15 is 0 Å². The number of aryl methyl sites for hydroxylation is 1. The number of fused-ring (bicyclic) bond motifs is 1. The minimum atomic E-state index is 0.218. The van der Waals surface area contributed by atoms with Crippen LogP contribution in [0.25, 0.3) is 10.8 Å². The Morgan fingerprint density at radius 2 is 1.89 bits per heavy atom. The number of rotatable bonds is 3. The molecule has 0 spiro atoms. The predicted octanol–water partition coefficient (Wildman–Crippen LogP) is 4.78. The molecule has 2 nitrogen and oxygen atoms in total. The zero-order chi connectivity index (χ0) is 13.2. The van der Waals surface area contributed by atoms with E-state index in [0.717, 1.165) is 16.4 Å². The molecular formula is C16H16N2S. The van der Waals surface area contributed by atoms with Crippen LogP contribution in [-0.4, -0.2) is 4.98 Å². The van der Waals surface area contributed by atoms with Crippen molar-refractivity contribution < 1.29 is 0 Å². The van der Waals surface area contributed by atoms with Gasteiger partial charge in [-0.05, 0) is 25.3 Å². The first-order chi connectivity index (χ1) is 9.24. The van der Waals surface area contributed by atoms with Crippen molar-refractivity contribution >= 4 is 27.8 Å². The number of nitrogens with one attached hydrogen (secondary N) is 1. The molecule has 96 valence electrons. The van der Waals surface area contributed by atoms with E-state index in [0.29, 0.717) is 0 Å². The second-order valence-corrected chi connectivity index (χ2v) is 5.75. The van der Waals surface area contributed by atoms with Gasteiger partial charge in [0.2, 0.25) is 0 Å². The van der Waals surface area contributed by atoms with Gasteiger partial charge in [-0.2, -0.15) is 0 Å². The SMILES string of the molecule is Cc1nc(C(C)Nc2cccc3ccccc23)cs1. The van der Waals surface area contributed by atoms with Crippen molar-refractivity contribution in [1.29, 1.82) is 0 Å². The Morgan fingerprint density at radius 1 is 1.11 bits per heavy atom. The van der Waals surface area contributed by atoms with Crippen molar-refractivity contribution in [2.75, 3.05) is 5.32 Å². The molecule has 0 aliphatic carbocycles. The molecule has 3 aromatic rings. The lowest BCUT2D eigenvalue weighted by atomic mass is 10.1. The van der Waals surface area contributed by atoms with Crippen LogP contribution in [-0.2, 0) is 0 Å². The minimum absolute atomic E-state index is 0.218. The van der Waals surface area contributed by atoms with Crippen LogP contribution in [0, 0.1) is 6.92 Å². The Morgan fingerprint density at radius 3 is 2.68 bits per heavy atom. The van der Waals surface area contributed by atoms with Gasteiger partial charge in [0.05, 0.1) is 16.7 Å². The highest BCUT2D eigenvalue weighted by molar-refractivity contribution is 7.09. The van der Waals surface area contributed by atoms with Crippen molar-refractivity contribution in [3.8, 4) is 0 Å². The molecule has 0 saturated heterocycles. The van der Waals surface area contributed by atoms with Crippen molar-refractivity contribution in [2.45, 2.75) is 19.9 Å². The largest absolute Gasteiger partial charge is 0.376 e. The number of hydrogen-bond donors (Lipinski definition) is 1. The van der Waals surface area contributed by atoms with Gasteiger partial charge in [0.15, 0.2) is 0 Å². The van der Waals surface area contributed by atoms with Gasteiger partial charge < -0.3 is 5.32 Å². The quantitative estimate of drug-likeness (QED) is 0.739. The highest BCUT2D eigenvalue weighted by atomic mass is 32.1. The normalized spacial score (nSPS) is 12.5. The van der Waals surface area contributed by atoms with Crippen LogP contribution in [0.2, 0.25) is 0 Å². The van der Waals surface area contributed by atoms with E-state index in [4.69, 9.17) is 0 Å². The lowest BCUT2D eigenvalue weighted by Crippen LogP contribution is -2.07. The van der Waals surface area contributed by atoms with E-state index in [9.17, 15) is 0 Å². The molecule has 1 N–H and O–H groups in total. The van der Waals surface area contributed by atoms with Crippen LogP contribution < -0.4 is 5.32 Å². The van der Waals surface area contributed by atoms with E-state index in [1.807, 2.05) is 6.92 Å². The fraction of sp³-hybridized carbons (Fsp3) is 0.188. The molecule has 3 rings (SSSR count). The standard InChI is InChI=1S/C16H16N2S/c1-11(16-10-19-12(2)18-16)17-15-9-5-7-13-6-3-4-8-14(13)15/h3-11,17H,1-2H3. The lowest BCUT2D eigenvalue weighted by Gasteiger charge is -2.15. The van der Waals surface area contributed by atoms with Crippen LogP contribution >= 0.6 is 11.3 Å². The first-order valence-corrected chi connectivity index (χ1v) is 7.28. The van der Waals surface area contributed by atoms with Gasteiger partial charge >= 0.3 is 0 Å². The summed E-state index contributed by atoms with van der Waals surface area (Å²) >= 11 is 1.70. The van der Waals surface area contributed by atoms with Gasteiger partial charge in [-0.1, -0.05) is 36.4 Å². The molecular weight excluding hydrogens is 252 g/mol. The summed E-state index contributed by atoms with van der Waals surface area (Å²) < 4.78 is 0. The Kier molecular flexibility index (Phi) is 3.22. The second kappa shape index (κ2) is 5.02. The van der Waals surface area contributed by atoms with Crippen LogP contribution in [0.4, 0.5) is 5.69 Å². The van der Waals surface area contributed by atoms with Gasteiger partial charge in [-0.25, -0.2) is 4.98 Å². The molecule has 1 unspecified atom stereocenters. The molecule has 2 aromatic carbocycles. The summed E-state index contributed by atoms with van der Waals surface area (Å²) in [6.07, 6.45) is 0. The smallest absolute Gasteiger partial charge is 0.0898 e. The fourth-order valence-electron chi connectivity index (χ4n) is 2.24. The average molecular weight is 268 g/mol. The van der Waals surface area contributed by atoms with Crippen molar-refractivity contribution in [3.05, 3.63) is 58.5 Å². The highest BCUT2D eigenvalue weighted by Crippen LogP contribution is 2.27. The summed E-state index contributed by atoms with van der Waals surface area (Å²) in [4.78, 5) is 4.54. The summed E-state index contributed by atoms with van der Waals surface area (Å²) in [5.74, 6) is 0. The number of hydrogen-bond acceptors (Lipinski definition) is 3. The lowest BCUT2D eigenvalue weighted by molar-refractivity contribution is 0.847. The van der Waals surface area contributed by atoms with E-state index in [1.54, 1.807) is 11.3 Å². The Hall–Kier alpha value is -1.87. The van der Waals surface area contributed by atoms with E-state index in [-0.39, 0.29) is 6.04 Å². The van der Waals surface area contributed by atoms with Crippen LogP contribution in [0.1, 0.15) is 23.7 Å². The first kappa shape index (κ1) is 12.2. The van der Waals surface area contributed by atoms with Crippen LogP contribution in [0.5, 0.6) is 0 Å². The van der Waals surface area contributed by atoms with E-state index in [1.165, 1.54) is 10.8 Å². The Bertz CT molecular complexity index is 697. The molecule has 1 atom stereocenters. The summed E-state index contributed by atoms with van der Waals surface area (Å²) in [5.41, 5.74) is 2.27. The highest BCUT2D eigenvalue weighted by Gasteiger charge is 2.10. The average Bonchev–Trinajstić information content (AvgIpc) is 2.86. The van der Waals surface area contributed by atoms with Gasteiger partial charge in [0.1, 0.15) is 0 Å². The maximum Gasteiger partial charge on any atom is 0.0898 e. The fourth-order valence-corrected chi connectivity index (χ4v) is 2.94. The minimum Gasteiger partial charge on any atom is -0.376 e. The number of nitrogens with zero attached hydrogens (tertiary/aromatic N) is 1. The predicted molar refractivity (Wildman–Crippen MR) is 82.8 cm³/mol. The summed E-state index contributed by atoms with van der Waals surface area (Å²) in [6.45, 7) is 4.19. The number of benzene rings is 2. The molecule has 0 radical (unpaired) electrons. The van der Waals surface area contributed by atoms with E-state index in [2.05, 4.69) is 65.1 Å². The number of thiazole rings is 1. The topological polar surface area (TPSA) is 24.9 Å². The van der Waals surface area contributed by atoms with Gasteiger partial charge in [-0.3, -0.25) is 0 Å². The zero-order valence-corrected chi connectivity index (χ0v) is 11.9. The zero-order valence-electron chi connectivity index (χ0n) is 11.1. The maximum atomic E-state index is 4.54. The molecule has 3 heteroatoms. The van der Waals surface area contributed by atoms with Gasteiger partial charge in [-0.15, -0.1) is 11.3 Å². The van der Waals surface area contributed by atoms with Gasteiger partial charge in [0, 0.05) is 16.5 Å². The summed E-state index contributed by atoms with van der Waals surface area (Å²) in [5, 5.41) is 9.31. The number of anilines is 1. The maximum absolute atomic E-state index is 4.54. The van der Waals surface area contributed by atoms with Crippen molar-refractivity contribution in [1.82, 2.24) is 4.98 Å². The molecule has 1 heterocycles. The third kappa shape index (κ3) is 2.47. The second-order valence-electron chi connectivity index (χ2n) is 4.68. The summed E-state index contributed by atoms with van der Waals surface area (Å²) in [6, 6.07) is 15.0. The van der Waals surface area contributed by atoms with Crippen molar-refractivity contribution in [2.24, 2.45) is 0 Å². The monoisotopic (exact) mass is 268 g/mol. The molecule has 0 saturated carbocycles. The number of aromatic nitrogens is 1. The van der Waals surface area contributed by atoms with E-state index < -0.39 is 0 Å². The third-order valence-electron chi connectivity index (χ3n) is 3.24. The Labute approximate surface area is 117 Å². The van der Waals surface area contributed by atoms with Crippen LogP contribution in [0.3, 0.4) is 0 Å². The van der Waals surface area contributed by atoms with Crippen molar-refractivity contribution in [3.63, 3.8) is 0 Å². The molecule has 0 amide bonds. The van der Waals surface area contributed by atoms with Crippen LogP contribution in [0.15, 0.2) is 47.8 Å². The molecule has 0 bridgehead atoms. The van der Waals surface area contributed by atoms with Gasteiger partial charge in [0.25, 0.3) is 0 Å².